The van der Waals surface area contributed by atoms with Gasteiger partial charge in [0.25, 0.3) is 0 Å². The van der Waals surface area contributed by atoms with Gasteiger partial charge in [-0.1, -0.05) is 34.6 Å². The van der Waals surface area contributed by atoms with E-state index in [1.807, 2.05) is 0 Å². The summed E-state index contributed by atoms with van der Waals surface area (Å²) in [5.74, 6) is 1.77. The molecule has 0 saturated heterocycles. The van der Waals surface area contributed by atoms with Crippen LogP contribution in [0.3, 0.4) is 0 Å². The Morgan fingerprint density at radius 2 is 1.53 bits per heavy atom. The summed E-state index contributed by atoms with van der Waals surface area (Å²) in [6.45, 7) is 10.7. The Hall–Kier alpha value is -0.960. The van der Waals surface area contributed by atoms with E-state index in [4.69, 9.17) is 5.73 Å². The molecule has 0 aliphatic rings. The molecule has 0 fully saturated rings. The van der Waals surface area contributed by atoms with Crippen molar-refractivity contribution >= 4 is 0 Å². The molecular weight excluding hydrogens is 210 g/mol. The van der Waals surface area contributed by atoms with Gasteiger partial charge in [0, 0.05) is 23.9 Å². The normalized spacial score (nSPS) is 13.4. The van der Waals surface area contributed by atoms with Crippen molar-refractivity contribution in [1.29, 1.82) is 0 Å². The molecule has 0 bridgehead atoms. The highest BCUT2D eigenvalue weighted by atomic mass is 14.9. The highest BCUT2D eigenvalue weighted by Crippen LogP contribution is 2.18. The molecule has 0 spiro atoms. The van der Waals surface area contributed by atoms with Gasteiger partial charge in [-0.2, -0.15) is 0 Å². The molecule has 0 saturated carbocycles. The molecule has 1 heterocycles. The Bertz CT molecular complexity index is 332. The van der Waals surface area contributed by atoms with Crippen LogP contribution in [0.25, 0.3) is 0 Å². The second kappa shape index (κ2) is 6.10. The molecule has 1 aromatic rings. The minimum atomic E-state index is 0.164. The predicted molar refractivity (Wildman–Crippen MR) is 72.2 cm³/mol. The van der Waals surface area contributed by atoms with Crippen LogP contribution in [-0.2, 0) is 6.42 Å². The van der Waals surface area contributed by atoms with E-state index in [0.717, 1.165) is 30.1 Å². The van der Waals surface area contributed by atoms with Gasteiger partial charge in [0.15, 0.2) is 0 Å². The standard InChI is InChI=1S/C14H25N3/c1-6-11(15)7-14-16-12(9(2)3)8-13(17-14)10(4)5/h8-11H,6-7,15H2,1-5H3. The second-order valence-electron chi connectivity index (χ2n) is 5.32. The average molecular weight is 235 g/mol. The summed E-state index contributed by atoms with van der Waals surface area (Å²) in [4.78, 5) is 9.22. The lowest BCUT2D eigenvalue weighted by Crippen LogP contribution is -2.23. The van der Waals surface area contributed by atoms with Crippen LogP contribution in [0.4, 0.5) is 0 Å². The minimum Gasteiger partial charge on any atom is -0.327 e. The molecule has 0 radical (unpaired) electrons. The Kier molecular flexibility index (Phi) is 5.06. The number of hydrogen-bond donors (Lipinski definition) is 1. The van der Waals surface area contributed by atoms with E-state index in [0.29, 0.717) is 11.8 Å². The van der Waals surface area contributed by atoms with Crippen LogP contribution in [0.15, 0.2) is 6.07 Å². The van der Waals surface area contributed by atoms with E-state index in [2.05, 4.69) is 50.7 Å². The first-order valence-corrected chi connectivity index (χ1v) is 6.57. The first kappa shape index (κ1) is 14.1. The van der Waals surface area contributed by atoms with E-state index < -0.39 is 0 Å². The smallest absolute Gasteiger partial charge is 0.130 e. The fourth-order valence-electron chi connectivity index (χ4n) is 1.60. The number of rotatable bonds is 5. The highest BCUT2D eigenvalue weighted by molar-refractivity contribution is 5.17. The second-order valence-corrected chi connectivity index (χ2v) is 5.32. The van der Waals surface area contributed by atoms with E-state index >= 15 is 0 Å². The van der Waals surface area contributed by atoms with Gasteiger partial charge in [0.1, 0.15) is 5.82 Å². The molecular formula is C14H25N3. The summed E-state index contributed by atoms with van der Waals surface area (Å²) in [5.41, 5.74) is 8.23. The van der Waals surface area contributed by atoms with Crippen LogP contribution in [0.1, 0.15) is 70.1 Å². The maximum atomic E-state index is 5.98. The minimum absolute atomic E-state index is 0.164. The van der Waals surface area contributed by atoms with Crippen molar-refractivity contribution in [3.63, 3.8) is 0 Å². The molecule has 1 rings (SSSR count). The molecule has 0 aliphatic heterocycles. The number of nitrogens with two attached hydrogens (primary N) is 1. The topological polar surface area (TPSA) is 51.8 Å². The Morgan fingerprint density at radius 3 is 1.88 bits per heavy atom. The summed E-state index contributed by atoms with van der Waals surface area (Å²) in [5, 5.41) is 0. The van der Waals surface area contributed by atoms with Gasteiger partial charge in [0.05, 0.1) is 0 Å². The average Bonchev–Trinajstić information content (AvgIpc) is 2.28. The summed E-state index contributed by atoms with van der Waals surface area (Å²) in [6.07, 6.45) is 1.74. The van der Waals surface area contributed by atoms with Crippen LogP contribution in [0.2, 0.25) is 0 Å². The molecule has 17 heavy (non-hydrogen) atoms. The van der Waals surface area contributed by atoms with E-state index in [1.54, 1.807) is 0 Å². The molecule has 0 aliphatic carbocycles. The van der Waals surface area contributed by atoms with Crippen LogP contribution in [-0.4, -0.2) is 16.0 Å². The summed E-state index contributed by atoms with van der Waals surface area (Å²) in [7, 11) is 0. The molecule has 1 atom stereocenters. The SMILES string of the molecule is CCC(N)Cc1nc(C(C)C)cc(C(C)C)n1. The highest BCUT2D eigenvalue weighted by Gasteiger charge is 2.12. The molecule has 0 aromatic carbocycles. The zero-order chi connectivity index (χ0) is 13.0. The molecule has 2 N–H and O–H groups in total. The van der Waals surface area contributed by atoms with E-state index in [-0.39, 0.29) is 6.04 Å². The quantitative estimate of drug-likeness (QED) is 0.853. The van der Waals surface area contributed by atoms with Gasteiger partial charge in [-0.25, -0.2) is 9.97 Å². The van der Waals surface area contributed by atoms with Crippen molar-refractivity contribution in [2.45, 2.75) is 65.3 Å². The third-order valence-corrected chi connectivity index (χ3v) is 2.96. The van der Waals surface area contributed by atoms with Gasteiger partial charge in [0.2, 0.25) is 0 Å². The molecule has 3 nitrogen and oxygen atoms in total. The van der Waals surface area contributed by atoms with Gasteiger partial charge >= 0.3 is 0 Å². The van der Waals surface area contributed by atoms with Gasteiger partial charge in [-0.05, 0) is 24.3 Å². The fraction of sp³-hybridized carbons (Fsp3) is 0.714. The van der Waals surface area contributed by atoms with Crippen molar-refractivity contribution in [2.75, 3.05) is 0 Å². The number of aromatic nitrogens is 2. The van der Waals surface area contributed by atoms with Crippen molar-refractivity contribution in [3.05, 3.63) is 23.3 Å². The Morgan fingerprint density at radius 1 is 1.06 bits per heavy atom. The molecule has 0 amide bonds. The van der Waals surface area contributed by atoms with E-state index in [1.165, 1.54) is 0 Å². The molecule has 96 valence electrons. The third-order valence-electron chi connectivity index (χ3n) is 2.96. The largest absolute Gasteiger partial charge is 0.327 e. The number of hydrogen-bond acceptors (Lipinski definition) is 3. The van der Waals surface area contributed by atoms with Crippen molar-refractivity contribution in [3.8, 4) is 0 Å². The summed E-state index contributed by atoms with van der Waals surface area (Å²) in [6, 6.07) is 2.29. The van der Waals surface area contributed by atoms with E-state index in [9.17, 15) is 0 Å². The summed E-state index contributed by atoms with van der Waals surface area (Å²) < 4.78 is 0. The first-order chi connectivity index (χ1) is 7.93. The fourth-order valence-corrected chi connectivity index (χ4v) is 1.60. The third kappa shape index (κ3) is 4.08. The van der Waals surface area contributed by atoms with Crippen LogP contribution in [0.5, 0.6) is 0 Å². The summed E-state index contributed by atoms with van der Waals surface area (Å²) >= 11 is 0. The van der Waals surface area contributed by atoms with Gasteiger partial charge < -0.3 is 5.73 Å². The maximum Gasteiger partial charge on any atom is 0.130 e. The number of nitrogens with zero attached hydrogens (tertiary/aromatic N) is 2. The van der Waals surface area contributed by atoms with Crippen molar-refractivity contribution < 1.29 is 0 Å². The maximum absolute atomic E-state index is 5.98. The van der Waals surface area contributed by atoms with Crippen LogP contribution in [0, 0.1) is 0 Å². The zero-order valence-electron chi connectivity index (χ0n) is 11.7. The van der Waals surface area contributed by atoms with Crippen LogP contribution >= 0.6 is 0 Å². The lowest BCUT2D eigenvalue weighted by Gasteiger charge is -2.14. The molecule has 3 heteroatoms. The lowest BCUT2D eigenvalue weighted by molar-refractivity contribution is 0.612. The van der Waals surface area contributed by atoms with Gasteiger partial charge in [-0.15, -0.1) is 0 Å². The van der Waals surface area contributed by atoms with Crippen molar-refractivity contribution in [2.24, 2.45) is 5.73 Å². The van der Waals surface area contributed by atoms with Crippen molar-refractivity contribution in [1.82, 2.24) is 9.97 Å². The zero-order valence-corrected chi connectivity index (χ0v) is 11.7. The molecule has 1 aromatic heterocycles. The Labute approximate surface area is 105 Å². The van der Waals surface area contributed by atoms with Crippen LogP contribution < -0.4 is 5.73 Å². The lowest BCUT2D eigenvalue weighted by atomic mass is 10.0. The monoisotopic (exact) mass is 235 g/mol. The van der Waals surface area contributed by atoms with Gasteiger partial charge in [-0.3, -0.25) is 0 Å². The first-order valence-electron chi connectivity index (χ1n) is 6.57. The predicted octanol–water partition coefficient (Wildman–Crippen LogP) is 3.00. The molecule has 1 unspecified atom stereocenters. The Balaban J connectivity index is 3.03.